The lowest BCUT2D eigenvalue weighted by Gasteiger charge is -2.30. The van der Waals surface area contributed by atoms with E-state index in [9.17, 15) is 18.0 Å². The standard InChI is InChI=1S/C13H14F3NO/c1-17(12(18)13(14,15)16)11-8-3-2-7-10(11)9-5-4-6-9/h2-3,7-9H,4-6H2,1H3. The van der Waals surface area contributed by atoms with E-state index in [-0.39, 0.29) is 5.92 Å². The van der Waals surface area contributed by atoms with Gasteiger partial charge in [-0.3, -0.25) is 4.79 Å². The van der Waals surface area contributed by atoms with E-state index >= 15 is 0 Å². The van der Waals surface area contributed by atoms with Gasteiger partial charge < -0.3 is 4.90 Å². The van der Waals surface area contributed by atoms with Crippen molar-refractivity contribution < 1.29 is 18.0 Å². The minimum atomic E-state index is -4.83. The Hall–Kier alpha value is -1.52. The summed E-state index contributed by atoms with van der Waals surface area (Å²) in [6.45, 7) is 0. The average molecular weight is 257 g/mol. The fraction of sp³-hybridized carbons (Fsp3) is 0.462. The largest absolute Gasteiger partial charge is 0.471 e. The van der Waals surface area contributed by atoms with E-state index in [1.165, 1.54) is 7.05 Å². The molecule has 0 aliphatic heterocycles. The molecule has 98 valence electrons. The van der Waals surface area contributed by atoms with Gasteiger partial charge in [-0.15, -0.1) is 0 Å². The second-order valence-corrected chi connectivity index (χ2v) is 4.55. The van der Waals surface area contributed by atoms with Gasteiger partial charge in [0.2, 0.25) is 0 Å². The summed E-state index contributed by atoms with van der Waals surface area (Å²) in [6.07, 6.45) is -1.78. The molecule has 0 atom stereocenters. The second-order valence-electron chi connectivity index (χ2n) is 4.55. The van der Waals surface area contributed by atoms with Crippen molar-refractivity contribution in [1.29, 1.82) is 0 Å². The van der Waals surface area contributed by atoms with Gasteiger partial charge in [0.05, 0.1) is 0 Å². The Morgan fingerprint density at radius 3 is 2.39 bits per heavy atom. The molecule has 0 saturated heterocycles. The van der Waals surface area contributed by atoms with Crippen LogP contribution in [0.5, 0.6) is 0 Å². The first-order chi connectivity index (χ1) is 8.41. The van der Waals surface area contributed by atoms with Crippen LogP contribution in [0.2, 0.25) is 0 Å². The molecule has 0 unspecified atom stereocenters. The van der Waals surface area contributed by atoms with Gasteiger partial charge in [-0.1, -0.05) is 24.6 Å². The van der Waals surface area contributed by atoms with E-state index in [4.69, 9.17) is 0 Å². The fourth-order valence-corrected chi connectivity index (χ4v) is 2.16. The highest BCUT2D eigenvalue weighted by atomic mass is 19.4. The number of hydrogen-bond donors (Lipinski definition) is 0. The summed E-state index contributed by atoms with van der Waals surface area (Å²) in [4.78, 5) is 11.9. The van der Waals surface area contributed by atoms with Gasteiger partial charge in [-0.05, 0) is 30.4 Å². The molecule has 0 spiro atoms. The molecule has 0 radical (unpaired) electrons. The van der Waals surface area contributed by atoms with Crippen LogP contribution in [0.4, 0.5) is 18.9 Å². The van der Waals surface area contributed by atoms with E-state index < -0.39 is 12.1 Å². The molecule has 1 fully saturated rings. The fourth-order valence-electron chi connectivity index (χ4n) is 2.16. The number of rotatable bonds is 2. The van der Waals surface area contributed by atoms with Crippen LogP contribution in [0, 0.1) is 0 Å². The Bertz CT molecular complexity index is 452. The second kappa shape index (κ2) is 4.63. The van der Waals surface area contributed by atoms with Gasteiger partial charge >= 0.3 is 12.1 Å². The number of halogens is 3. The Balaban J connectivity index is 2.30. The number of benzene rings is 1. The van der Waals surface area contributed by atoms with Gasteiger partial charge in [0.15, 0.2) is 0 Å². The molecule has 2 rings (SSSR count). The van der Waals surface area contributed by atoms with Crippen molar-refractivity contribution in [2.75, 3.05) is 11.9 Å². The summed E-state index contributed by atoms with van der Waals surface area (Å²) in [6, 6.07) is 6.82. The summed E-state index contributed by atoms with van der Waals surface area (Å²) in [5.41, 5.74) is 1.20. The molecule has 18 heavy (non-hydrogen) atoms. The quantitative estimate of drug-likeness (QED) is 0.794. The molecule has 0 bridgehead atoms. The Morgan fingerprint density at radius 2 is 1.89 bits per heavy atom. The summed E-state index contributed by atoms with van der Waals surface area (Å²) in [5.74, 6) is -1.54. The molecule has 1 amide bonds. The van der Waals surface area contributed by atoms with E-state index in [1.54, 1.807) is 24.3 Å². The predicted molar refractivity (Wildman–Crippen MR) is 62.5 cm³/mol. The molecular weight excluding hydrogens is 243 g/mol. The molecule has 1 aliphatic carbocycles. The van der Waals surface area contributed by atoms with Crippen molar-refractivity contribution in [3.8, 4) is 0 Å². The number of nitrogens with zero attached hydrogens (tertiary/aromatic N) is 1. The summed E-state index contributed by atoms with van der Waals surface area (Å²) >= 11 is 0. The minimum absolute atomic E-state index is 0.282. The lowest BCUT2D eigenvalue weighted by molar-refractivity contribution is -0.170. The Morgan fingerprint density at radius 1 is 1.28 bits per heavy atom. The van der Waals surface area contributed by atoms with Gasteiger partial charge in [0, 0.05) is 12.7 Å². The zero-order valence-corrected chi connectivity index (χ0v) is 10.00. The zero-order valence-electron chi connectivity index (χ0n) is 10.00. The monoisotopic (exact) mass is 257 g/mol. The van der Waals surface area contributed by atoms with Crippen molar-refractivity contribution in [2.24, 2.45) is 0 Å². The van der Waals surface area contributed by atoms with E-state index in [2.05, 4.69) is 0 Å². The van der Waals surface area contributed by atoms with Crippen molar-refractivity contribution in [3.63, 3.8) is 0 Å². The maximum atomic E-state index is 12.4. The van der Waals surface area contributed by atoms with Gasteiger partial charge in [-0.2, -0.15) is 13.2 Å². The van der Waals surface area contributed by atoms with E-state index in [0.29, 0.717) is 10.6 Å². The van der Waals surface area contributed by atoms with E-state index in [1.807, 2.05) is 0 Å². The number of amides is 1. The van der Waals surface area contributed by atoms with E-state index in [0.717, 1.165) is 24.8 Å². The summed E-state index contributed by atoms with van der Waals surface area (Å²) in [7, 11) is 1.17. The zero-order chi connectivity index (χ0) is 13.3. The number of alkyl halides is 3. The predicted octanol–water partition coefficient (Wildman–Crippen LogP) is 3.48. The third-order valence-corrected chi connectivity index (χ3v) is 3.39. The van der Waals surface area contributed by atoms with Crippen LogP contribution in [0.3, 0.4) is 0 Å². The van der Waals surface area contributed by atoms with Crippen LogP contribution in [0.15, 0.2) is 24.3 Å². The molecule has 0 aromatic heterocycles. The van der Waals surface area contributed by atoms with Crippen LogP contribution in [-0.4, -0.2) is 19.1 Å². The van der Waals surface area contributed by atoms with Gasteiger partial charge in [-0.25, -0.2) is 0 Å². The van der Waals surface area contributed by atoms with Gasteiger partial charge in [0.1, 0.15) is 0 Å². The van der Waals surface area contributed by atoms with Crippen molar-refractivity contribution in [3.05, 3.63) is 29.8 Å². The number of hydrogen-bond acceptors (Lipinski definition) is 1. The lowest BCUT2D eigenvalue weighted by atomic mass is 9.79. The maximum absolute atomic E-state index is 12.4. The number of anilines is 1. The third kappa shape index (κ3) is 2.35. The highest BCUT2D eigenvalue weighted by molar-refractivity contribution is 5.97. The molecule has 1 aromatic rings. The number of para-hydroxylation sites is 1. The highest BCUT2D eigenvalue weighted by Crippen LogP contribution is 2.41. The molecule has 1 saturated carbocycles. The molecule has 5 heteroatoms. The Kier molecular flexibility index (Phi) is 3.32. The van der Waals surface area contributed by atoms with Gasteiger partial charge in [0.25, 0.3) is 0 Å². The first-order valence-corrected chi connectivity index (χ1v) is 5.85. The number of carbonyl (C=O) groups excluding carboxylic acids is 1. The summed E-state index contributed by atoms with van der Waals surface area (Å²) < 4.78 is 37.3. The molecule has 0 N–H and O–H groups in total. The molecule has 2 nitrogen and oxygen atoms in total. The molecule has 1 aliphatic rings. The SMILES string of the molecule is CN(C(=O)C(F)(F)F)c1ccccc1C1CCC1. The third-order valence-electron chi connectivity index (χ3n) is 3.39. The smallest absolute Gasteiger partial charge is 0.307 e. The molecule has 0 heterocycles. The topological polar surface area (TPSA) is 20.3 Å². The maximum Gasteiger partial charge on any atom is 0.471 e. The summed E-state index contributed by atoms with van der Waals surface area (Å²) in [5, 5.41) is 0. The van der Waals surface area contributed by atoms with Crippen molar-refractivity contribution in [2.45, 2.75) is 31.4 Å². The number of carbonyl (C=O) groups is 1. The Labute approximate surface area is 103 Å². The van der Waals surface area contributed by atoms with Crippen molar-refractivity contribution >= 4 is 11.6 Å². The normalized spacial score (nSPS) is 16.2. The average Bonchev–Trinajstić information content (AvgIpc) is 2.24. The van der Waals surface area contributed by atoms with Crippen LogP contribution in [0.25, 0.3) is 0 Å². The highest BCUT2D eigenvalue weighted by Gasteiger charge is 2.42. The molecular formula is C13H14F3NO. The minimum Gasteiger partial charge on any atom is -0.307 e. The van der Waals surface area contributed by atoms with Crippen LogP contribution in [0.1, 0.15) is 30.7 Å². The van der Waals surface area contributed by atoms with Crippen molar-refractivity contribution in [1.82, 2.24) is 0 Å². The van der Waals surface area contributed by atoms with Crippen LogP contribution < -0.4 is 4.90 Å². The lowest BCUT2D eigenvalue weighted by Crippen LogP contribution is -2.39. The van der Waals surface area contributed by atoms with Crippen LogP contribution >= 0.6 is 0 Å². The first kappa shape index (κ1) is 12.9. The first-order valence-electron chi connectivity index (χ1n) is 5.85. The molecule has 1 aromatic carbocycles. The van der Waals surface area contributed by atoms with Crippen LogP contribution in [-0.2, 0) is 4.79 Å².